The van der Waals surface area contributed by atoms with Gasteiger partial charge in [0.25, 0.3) is 11.8 Å². The largest absolute Gasteiger partial charge is 0.324 e. The van der Waals surface area contributed by atoms with Crippen LogP contribution in [0.2, 0.25) is 0 Å². The smallest absolute Gasteiger partial charge is 0.320 e. The van der Waals surface area contributed by atoms with Crippen molar-refractivity contribution in [1.82, 2.24) is 15.7 Å². The van der Waals surface area contributed by atoms with Gasteiger partial charge in [0.2, 0.25) is 0 Å². The monoisotopic (exact) mass is 443 g/mol. The zero-order valence-electron chi connectivity index (χ0n) is 18.0. The number of benzene rings is 3. The highest BCUT2D eigenvalue weighted by molar-refractivity contribution is 6.04. The Bertz CT molecular complexity index is 1100. The van der Waals surface area contributed by atoms with Crippen LogP contribution in [0.3, 0.4) is 0 Å². The van der Waals surface area contributed by atoms with E-state index in [0.29, 0.717) is 25.1 Å². The molecule has 3 aromatic carbocycles. The van der Waals surface area contributed by atoms with Gasteiger partial charge in [-0.15, -0.1) is 0 Å². The lowest BCUT2D eigenvalue weighted by Gasteiger charge is -2.23. The fourth-order valence-electron chi connectivity index (χ4n) is 3.16. The summed E-state index contributed by atoms with van der Waals surface area (Å²) in [6.45, 7) is 0.734. The van der Waals surface area contributed by atoms with Crippen LogP contribution < -0.4 is 10.8 Å². The van der Waals surface area contributed by atoms with Gasteiger partial charge < -0.3 is 4.90 Å². The summed E-state index contributed by atoms with van der Waals surface area (Å²) >= 11 is 0. The third-order valence-electron chi connectivity index (χ3n) is 4.95. The van der Waals surface area contributed by atoms with Crippen LogP contribution in [0.1, 0.15) is 27.0 Å². The third-order valence-corrected chi connectivity index (χ3v) is 4.95. The molecule has 3 aromatic rings. The van der Waals surface area contributed by atoms with Gasteiger partial charge in [-0.2, -0.15) is 0 Å². The number of nitrogens with zero attached hydrogens (tertiary/aromatic N) is 1. The average Bonchev–Trinajstić information content (AvgIpc) is 2.86. The molecule has 0 saturated heterocycles. The van der Waals surface area contributed by atoms with E-state index in [9.17, 15) is 14.4 Å². The minimum Gasteiger partial charge on any atom is -0.320 e. The molecule has 3 N–H and O–H groups in total. The second kappa shape index (κ2) is 12.0. The van der Waals surface area contributed by atoms with E-state index in [1.807, 2.05) is 42.5 Å². The first-order valence-electron chi connectivity index (χ1n) is 10.5. The summed E-state index contributed by atoms with van der Waals surface area (Å²) in [6, 6.07) is 25.2. The topological polar surface area (TPSA) is 98.7 Å². The van der Waals surface area contributed by atoms with Crippen LogP contribution in [0.5, 0.6) is 0 Å². The molecule has 0 aromatic heterocycles. The van der Waals surface area contributed by atoms with E-state index in [1.54, 1.807) is 53.4 Å². The van der Waals surface area contributed by atoms with Crippen LogP contribution in [0, 0.1) is 0 Å². The summed E-state index contributed by atoms with van der Waals surface area (Å²) in [5.74, 6) is -1.07. The fourth-order valence-corrected chi connectivity index (χ4v) is 3.16. The quantitative estimate of drug-likeness (QED) is 0.280. The molecule has 4 amide bonds. The van der Waals surface area contributed by atoms with E-state index in [0.717, 1.165) is 16.7 Å². The first kappa shape index (κ1) is 23.4. The van der Waals surface area contributed by atoms with Gasteiger partial charge in [-0.05, 0) is 41.3 Å². The van der Waals surface area contributed by atoms with Crippen molar-refractivity contribution in [2.24, 2.45) is 0 Å². The van der Waals surface area contributed by atoms with Crippen molar-refractivity contribution in [3.63, 3.8) is 0 Å². The van der Waals surface area contributed by atoms with Crippen molar-refractivity contribution in [1.29, 1.82) is 0 Å². The standard InChI is InChI=1S/C26H25N3O4/c30-24(28-33)16-15-21-11-13-22(14-12-21)19-29(18-17-20-7-3-1-4-8-20)26(32)27-25(31)23-9-5-2-6-10-23/h1-16,33H,17-19H2,(H,28,30)(H,27,31,32)/b16-15+. The van der Waals surface area contributed by atoms with Crippen molar-refractivity contribution in [2.45, 2.75) is 13.0 Å². The molecule has 0 aliphatic heterocycles. The average molecular weight is 444 g/mol. The van der Waals surface area contributed by atoms with Crippen LogP contribution in [-0.4, -0.2) is 34.5 Å². The highest BCUT2D eigenvalue weighted by Gasteiger charge is 2.18. The Morgan fingerprint density at radius 2 is 1.45 bits per heavy atom. The highest BCUT2D eigenvalue weighted by Crippen LogP contribution is 2.11. The Balaban J connectivity index is 1.70. The summed E-state index contributed by atoms with van der Waals surface area (Å²) in [7, 11) is 0. The minimum atomic E-state index is -0.620. The van der Waals surface area contributed by atoms with Gasteiger partial charge in [0.05, 0.1) is 0 Å². The molecular weight excluding hydrogens is 418 g/mol. The van der Waals surface area contributed by atoms with Gasteiger partial charge in [0.15, 0.2) is 0 Å². The molecular formula is C26H25N3O4. The lowest BCUT2D eigenvalue weighted by Crippen LogP contribution is -2.43. The Hall–Kier alpha value is -4.23. The summed E-state index contributed by atoms with van der Waals surface area (Å²) in [4.78, 5) is 38.1. The molecule has 0 aliphatic rings. The molecule has 0 spiro atoms. The molecule has 0 atom stereocenters. The predicted octanol–water partition coefficient (Wildman–Crippen LogP) is 3.80. The maximum Gasteiger partial charge on any atom is 0.324 e. The summed E-state index contributed by atoms with van der Waals surface area (Å²) in [5, 5.41) is 11.0. The Morgan fingerprint density at radius 3 is 2.09 bits per heavy atom. The van der Waals surface area contributed by atoms with Gasteiger partial charge in [0, 0.05) is 24.7 Å². The lowest BCUT2D eigenvalue weighted by molar-refractivity contribution is -0.124. The second-order valence-corrected chi connectivity index (χ2v) is 7.33. The van der Waals surface area contributed by atoms with E-state index >= 15 is 0 Å². The van der Waals surface area contributed by atoms with Crippen LogP contribution in [0.15, 0.2) is 91.0 Å². The summed E-state index contributed by atoms with van der Waals surface area (Å²) in [5.41, 5.74) is 4.67. The third kappa shape index (κ3) is 7.45. The Morgan fingerprint density at radius 1 is 0.818 bits per heavy atom. The summed E-state index contributed by atoms with van der Waals surface area (Å²) < 4.78 is 0. The highest BCUT2D eigenvalue weighted by atomic mass is 16.5. The number of nitrogens with one attached hydrogen (secondary N) is 2. The molecule has 3 rings (SSSR count). The summed E-state index contributed by atoms with van der Waals surface area (Å²) in [6.07, 6.45) is 3.42. The molecule has 0 aliphatic carbocycles. The van der Waals surface area contributed by atoms with Gasteiger partial charge in [-0.1, -0.05) is 72.8 Å². The van der Waals surface area contributed by atoms with Gasteiger partial charge in [-0.3, -0.25) is 20.1 Å². The molecule has 0 saturated carbocycles. The zero-order chi connectivity index (χ0) is 23.5. The molecule has 7 heteroatoms. The fraction of sp³-hybridized carbons (Fsp3) is 0.115. The number of hydrogen-bond donors (Lipinski definition) is 3. The van der Waals surface area contributed by atoms with E-state index in [4.69, 9.17) is 5.21 Å². The van der Waals surface area contributed by atoms with Crippen LogP contribution in [0.4, 0.5) is 4.79 Å². The number of amides is 4. The zero-order valence-corrected chi connectivity index (χ0v) is 18.0. The molecule has 0 unspecified atom stereocenters. The van der Waals surface area contributed by atoms with Crippen molar-refractivity contribution in [3.8, 4) is 0 Å². The number of rotatable bonds is 8. The van der Waals surface area contributed by atoms with Crippen LogP contribution >= 0.6 is 0 Å². The van der Waals surface area contributed by atoms with Gasteiger partial charge >= 0.3 is 6.03 Å². The number of hydroxylamine groups is 1. The lowest BCUT2D eigenvalue weighted by atomic mass is 10.1. The number of urea groups is 1. The van der Waals surface area contributed by atoms with Crippen molar-refractivity contribution in [2.75, 3.05) is 6.54 Å². The molecule has 0 heterocycles. The SMILES string of the molecule is O=C(/C=C/c1ccc(CN(CCc2ccccc2)C(=O)NC(=O)c2ccccc2)cc1)NO. The van der Waals surface area contributed by atoms with Crippen molar-refractivity contribution >= 4 is 23.9 Å². The van der Waals surface area contributed by atoms with E-state index in [1.165, 1.54) is 11.6 Å². The molecule has 7 nitrogen and oxygen atoms in total. The minimum absolute atomic E-state index is 0.307. The van der Waals surface area contributed by atoms with Crippen LogP contribution in [0.25, 0.3) is 6.08 Å². The van der Waals surface area contributed by atoms with Crippen molar-refractivity contribution in [3.05, 3.63) is 113 Å². The molecule has 33 heavy (non-hydrogen) atoms. The van der Waals surface area contributed by atoms with Gasteiger partial charge in [0.1, 0.15) is 0 Å². The number of hydrogen-bond acceptors (Lipinski definition) is 4. The van der Waals surface area contributed by atoms with Crippen LogP contribution in [-0.2, 0) is 17.8 Å². The first-order chi connectivity index (χ1) is 16.0. The molecule has 0 fully saturated rings. The first-order valence-corrected chi connectivity index (χ1v) is 10.5. The maximum absolute atomic E-state index is 12.9. The number of carbonyl (C=O) groups excluding carboxylic acids is 3. The Labute approximate surface area is 192 Å². The van der Waals surface area contributed by atoms with Crippen molar-refractivity contribution < 1.29 is 19.6 Å². The van der Waals surface area contributed by atoms with E-state index in [2.05, 4.69) is 5.32 Å². The number of imide groups is 1. The molecule has 0 radical (unpaired) electrons. The van der Waals surface area contributed by atoms with E-state index in [-0.39, 0.29) is 0 Å². The normalized spacial score (nSPS) is 10.6. The molecule has 168 valence electrons. The Kier molecular flexibility index (Phi) is 8.50. The predicted molar refractivity (Wildman–Crippen MR) is 125 cm³/mol. The molecule has 0 bridgehead atoms. The second-order valence-electron chi connectivity index (χ2n) is 7.33. The number of carbonyl (C=O) groups is 3. The maximum atomic E-state index is 12.9. The van der Waals surface area contributed by atoms with E-state index < -0.39 is 17.8 Å². The van der Waals surface area contributed by atoms with Gasteiger partial charge in [-0.25, -0.2) is 10.3 Å².